The zero-order chi connectivity index (χ0) is 14.8. The van der Waals surface area contributed by atoms with E-state index in [-0.39, 0.29) is 6.04 Å². The summed E-state index contributed by atoms with van der Waals surface area (Å²) in [5.74, 6) is 0. The summed E-state index contributed by atoms with van der Waals surface area (Å²) in [4.78, 5) is 2.13. The molecule has 0 aliphatic carbocycles. The highest BCUT2D eigenvalue weighted by Gasteiger charge is 2.32. The number of hydrogen-bond donors (Lipinski definition) is 1. The second-order valence-corrected chi connectivity index (χ2v) is 5.65. The van der Waals surface area contributed by atoms with Gasteiger partial charge in [0.2, 0.25) is 0 Å². The summed E-state index contributed by atoms with van der Waals surface area (Å²) < 4.78 is 39.1. The summed E-state index contributed by atoms with van der Waals surface area (Å²) in [5, 5.41) is 3.23. The smallest absolute Gasteiger partial charge is 0.314 e. The maximum Gasteiger partial charge on any atom is 0.416 e. The second kappa shape index (κ2) is 6.28. The highest BCUT2D eigenvalue weighted by molar-refractivity contribution is 9.10. The quantitative estimate of drug-likeness (QED) is 0.839. The van der Waals surface area contributed by atoms with E-state index in [0.717, 1.165) is 32.2 Å². The normalized spacial score (nSPS) is 18.8. The third-order valence-electron chi connectivity index (χ3n) is 3.36. The summed E-state index contributed by atoms with van der Waals surface area (Å²) in [6.07, 6.45) is -2.64. The zero-order valence-electron chi connectivity index (χ0n) is 10.9. The van der Waals surface area contributed by atoms with Crippen LogP contribution in [0.3, 0.4) is 0 Å². The van der Waals surface area contributed by atoms with E-state index in [4.69, 9.17) is 0 Å². The summed E-state index contributed by atoms with van der Waals surface area (Å²) in [5.41, 5.74) is -0.0209. The number of piperazine rings is 1. The molecule has 0 bridgehead atoms. The van der Waals surface area contributed by atoms with Crippen molar-refractivity contribution >= 4 is 15.9 Å². The van der Waals surface area contributed by atoms with E-state index >= 15 is 0 Å². The molecule has 1 aliphatic heterocycles. The summed E-state index contributed by atoms with van der Waals surface area (Å²) in [6.45, 7) is 7.04. The Balaban J connectivity index is 2.33. The van der Waals surface area contributed by atoms with Crippen LogP contribution in [0.2, 0.25) is 0 Å². The Hall–Kier alpha value is -0.850. The van der Waals surface area contributed by atoms with Crippen LogP contribution in [0.1, 0.15) is 17.2 Å². The number of nitrogens with one attached hydrogen (secondary N) is 1. The van der Waals surface area contributed by atoms with E-state index in [9.17, 15) is 13.2 Å². The fourth-order valence-electron chi connectivity index (χ4n) is 2.40. The fraction of sp³-hybridized carbons (Fsp3) is 0.429. The average molecular weight is 349 g/mol. The van der Waals surface area contributed by atoms with Crippen molar-refractivity contribution < 1.29 is 13.2 Å². The zero-order valence-corrected chi connectivity index (χ0v) is 12.5. The third kappa shape index (κ3) is 3.62. The molecule has 0 aromatic heterocycles. The van der Waals surface area contributed by atoms with Crippen LogP contribution < -0.4 is 5.32 Å². The minimum atomic E-state index is -4.34. The van der Waals surface area contributed by atoms with Crippen LogP contribution in [0.4, 0.5) is 13.2 Å². The van der Waals surface area contributed by atoms with Crippen molar-refractivity contribution in [1.82, 2.24) is 10.2 Å². The Morgan fingerprint density at radius 1 is 1.25 bits per heavy atom. The molecule has 2 nitrogen and oxygen atoms in total. The van der Waals surface area contributed by atoms with Crippen molar-refractivity contribution in [3.05, 3.63) is 46.5 Å². The summed E-state index contributed by atoms with van der Waals surface area (Å²) >= 11 is 3.16. The molecule has 1 N–H and O–H groups in total. The van der Waals surface area contributed by atoms with Crippen molar-refractivity contribution in [1.29, 1.82) is 0 Å². The van der Waals surface area contributed by atoms with E-state index in [1.54, 1.807) is 12.1 Å². The van der Waals surface area contributed by atoms with Gasteiger partial charge in [0.15, 0.2) is 0 Å². The van der Waals surface area contributed by atoms with Gasteiger partial charge in [-0.25, -0.2) is 0 Å². The van der Waals surface area contributed by atoms with Gasteiger partial charge in [-0.15, -0.1) is 6.58 Å². The molecule has 1 atom stereocenters. The van der Waals surface area contributed by atoms with Gasteiger partial charge in [-0.2, -0.15) is 13.2 Å². The minimum Gasteiger partial charge on any atom is -0.314 e. The van der Waals surface area contributed by atoms with Crippen molar-refractivity contribution in [2.75, 3.05) is 26.2 Å². The van der Waals surface area contributed by atoms with E-state index < -0.39 is 11.7 Å². The van der Waals surface area contributed by atoms with Crippen LogP contribution in [0.5, 0.6) is 0 Å². The number of nitrogens with zero attached hydrogens (tertiary/aromatic N) is 1. The van der Waals surface area contributed by atoms with Gasteiger partial charge in [0.1, 0.15) is 0 Å². The van der Waals surface area contributed by atoms with Gasteiger partial charge in [-0.1, -0.05) is 22.0 Å². The van der Waals surface area contributed by atoms with Crippen molar-refractivity contribution in [3.8, 4) is 0 Å². The molecule has 0 saturated carbocycles. The number of alkyl halides is 3. The molecule has 20 heavy (non-hydrogen) atoms. The number of halogens is 4. The molecule has 1 fully saturated rings. The van der Waals surface area contributed by atoms with E-state index in [2.05, 4.69) is 32.7 Å². The van der Waals surface area contributed by atoms with Gasteiger partial charge in [-0.3, -0.25) is 4.90 Å². The molecule has 1 aliphatic rings. The first kappa shape index (κ1) is 15.5. The molecule has 110 valence electrons. The molecule has 0 amide bonds. The highest BCUT2D eigenvalue weighted by Crippen LogP contribution is 2.34. The topological polar surface area (TPSA) is 15.3 Å². The highest BCUT2D eigenvalue weighted by atomic mass is 79.9. The van der Waals surface area contributed by atoms with Crippen LogP contribution in [0, 0.1) is 0 Å². The Kier molecular flexibility index (Phi) is 4.88. The molecule has 1 aromatic rings. The largest absolute Gasteiger partial charge is 0.416 e. The number of hydrogen-bond acceptors (Lipinski definition) is 2. The molecule has 0 spiro atoms. The molecule has 1 heterocycles. The van der Waals surface area contributed by atoms with Gasteiger partial charge in [0.25, 0.3) is 0 Å². The van der Waals surface area contributed by atoms with Crippen LogP contribution in [0.25, 0.3) is 0 Å². The summed E-state index contributed by atoms with van der Waals surface area (Å²) in [6, 6.07) is 3.83. The van der Waals surface area contributed by atoms with Gasteiger partial charge in [0, 0.05) is 30.7 Å². The maximum atomic E-state index is 12.9. The lowest BCUT2D eigenvalue weighted by Gasteiger charge is -2.33. The van der Waals surface area contributed by atoms with Gasteiger partial charge >= 0.3 is 6.18 Å². The van der Waals surface area contributed by atoms with Gasteiger partial charge in [0.05, 0.1) is 11.6 Å². The molecule has 2 rings (SSSR count). The van der Waals surface area contributed by atoms with Crippen molar-refractivity contribution in [2.45, 2.75) is 12.2 Å². The average Bonchev–Trinajstić information content (AvgIpc) is 2.39. The Labute approximate surface area is 124 Å². The van der Waals surface area contributed by atoms with Crippen LogP contribution >= 0.6 is 15.9 Å². The lowest BCUT2D eigenvalue weighted by Crippen LogP contribution is -2.44. The predicted octanol–water partition coefficient (Wildman–Crippen LogP) is 3.60. The monoisotopic (exact) mass is 348 g/mol. The molecular formula is C14H16BrF3N2. The maximum absolute atomic E-state index is 12.9. The molecule has 1 saturated heterocycles. The minimum absolute atomic E-state index is 0.198. The molecule has 6 heteroatoms. The number of benzene rings is 1. The molecule has 0 radical (unpaired) electrons. The van der Waals surface area contributed by atoms with Crippen LogP contribution in [-0.2, 0) is 6.18 Å². The standard InChI is InChI=1S/C14H16BrF3N2/c1-2-13(20-5-3-19-4-6-20)10-7-11(14(16,17)18)9-12(15)8-10/h2,7-9,13,19H,1,3-6H2/t13-/m1/s1. The van der Waals surface area contributed by atoms with Gasteiger partial charge in [-0.05, 0) is 23.8 Å². The van der Waals surface area contributed by atoms with Gasteiger partial charge < -0.3 is 5.32 Å². The van der Waals surface area contributed by atoms with Crippen molar-refractivity contribution in [3.63, 3.8) is 0 Å². The van der Waals surface area contributed by atoms with Crippen molar-refractivity contribution in [2.24, 2.45) is 0 Å². The molecule has 0 unspecified atom stereocenters. The third-order valence-corrected chi connectivity index (χ3v) is 3.82. The second-order valence-electron chi connectivity index (χ2n) is 4.74. The Bertz CT molecular complexity index is 482. The fourth-order valence-corrected chi connectivity index (χ4v) is 2.91. The predicted molar refractivity (Wildman–Crippen MR) is 76.5 cm³/mol. The van der Waals surface area contributed by atoms with E-state index in [1.165, 1.54) is 6.07 Å². The number of rotatable bonds is 3. The SMILES string of the molecule is C=C[C@H](c1cc(Br)cc(C(F)(F)F)c1)N1CCNCC1. The van der Waals surface area contributed by atoms with Crippen LogP contribution in [-0.4, -0.2) is 31.1 Å². The van der Waals surface area contributed by atoms with E-state index in [1.807, 2.05) is 0 Å². The molecule has 1 aromatic carbocycles. The first-order valence-corrected chi connectivity index (χ1v) is 7.16. The molecular weight excluding hydrogens is 333 g/mol. The lowest BCUT2D eigenvalue weighted by molar-refractivity contribution is -0.137. The Morgan fingerprint density at radius 3 is 2.45 bits per heavy atom. The lowest BCUT2D eigenvalue weighted by atomic mass is 10.0. The Morgan fingerprint density at radius 2 is 1.90 bits per heavy atom. The first-order valence-electron chi connectivity index (χ1n) is 6.37. The van der Waals surface area contributed by atoms with Crippen LogP contribution in [0.15, 0.2) is 35.3 Å². The van der Waals surface area contributed by atoms with E-state index in [0.29, 0.717) is 10.0 Å². The summed E-state index contributed by atoms with van der Waals surface area (Å²) in [7, 11) is 0. The first-order chi connectivity index (χ1) is 9.41.